The van der Waals surface area contributed by atoms with E-state index in [2.05, 4.69) is 0 Å². The van der Waals surface area contributed by atoms with Crippen molar-refractivity contribution in [3.8, 4) is 5.75 Å². The normalized spacial score (nSPS) is 12.5. The van der Waals surface area contributed by atoms with Crippen molar-refractivity contribution >= 4 is 34.2 Å². The first kappa shape index (κ1) is 14.3. The Kier molecular flexibility index (Phi) is 4.06. The first-order valence-electron chi connectivity index (χ1n) is 6.37. The van der Waals surface area contributed by atoms with Gasteiger partial charge in [0.15, 0.2) is 0 Å². The zero-order chi connectivity index (χ0) is 14.8. The van der Waals surface area contributed by atoms with Crippen LogP contribution in [0, 0.1) is 0 Å². The molecular weight excluding hydrogens is 311 g/mol. The van der Waals surface area contributed by atoms with Crippen LogP contribution in [-0.2, 0) is 0 Å². The van der Waals surface area contributed by atoms with Gasteiger partial charge in [-0.3, -0.25) is 0 Å². The molecule has 0 saturated heterocycles. The molecule has 1 heterocycles. The van der Waals surface area contributed by atoms with E-state index in [9.17, 15) is 5.11 Å². The topological polar surface area (TPSA) is 42.6 Å². The van der Waals surface area contributed by atoms with Crippen molar-refractivity contribution in [2.75, 3.05) is 6.61 Å². The number of aliphatic hydroxyl groups is 1. The summed E-state index contributed by atoms with van der Waals surface area (Å²) in [6.07, 6.45) is -0.866. The standard InChI is InChI=1S/C16H12Cl2O3/c17-11-2-1-3-13(8-11)20-9-14(19)16-7-10-6-12(18)4-5-15(10)21-16/h1-8,14,19H,9H2. The van der Waals surface area contributed by atoms with Crippen LogP contribution < -0.4 is 4.74 Å². The second-order valence-electron chi connectivity index (χ2n) is 4.62. The molecule has 0 saturated carbocycles. The van der Waals surface area contributed by atoms with Crippen molar-refractivity contribution < 1.29 is 14.3 Å². The van der Waals surface area contributed by atoms with Gasteiger partial charge in [-0.05, 0) is 42.5 Å². The highest BCUT2D eigenvalue weighted by Gasteiger charge is 2.14. The van der Waals surface area contributed by atoms with Gasteiger partial charge in [-0.25, -0.2) is 0 Å². The zero-order valence-electron chi connectivity index (χ0n) is 10.9. The van der Waals surface area contributed by atoms with Crippen LogP contribution in [0.3, 0.4) is 0 Å². The lowest BCUT2D eigenvalue weighted by Gasteiger charge is -2.10. The summed E-state index contributed by atoms with van der Waals surface area (Å²) in [5.41, 5.74) is 0.677. The predicted molar refractivity (Wildman–Crippen MR) is 83.1 cm³/mol. The highest BCUT2D eigenvalue weighted by Crippen LogP contribution is 2.27. The smallest absolute Gasteiger partial charge is 0.145 e. The molecule has 1 unspecified atom stereocenters. The SMILES string of the molecule is OC(COc1cccc(Cl)c1)c1cc2cc(Cl)ccc2o1. The summed E-state index contributed by atoms with van der Waals surface area (Å²) in [7, 11) is 0. The Hall–Kier alpha value is -1.68. The molecule has 1 aromatic heterocycles. The quantitative estimate of drug-likeness (QED) is 0.746. The summed E-state index contributed by atoms with van der Waals surface area (Å²) >= 11 is 11.8. The molecule has 5 heteroatoms. The Morgan fingerprint density at radius 1 is 1.05 bits per heavy atom. The lowest BCUT2D eigenvalue weighted by atomic mass is 10.2. The number of aliphatic hydroxyl groups excluding tert-OH is 1. The van der Waals surface area contributed by atoms with Crippen LogP contribution in [0.2, 0.25) is 10.0 Å². The summed E-state index contributed by atoms with van der Waals surface area (Å²) < 4.78 is 11.1. The molecule has 3 nitrogen and oxygen atoms in total. The number of halogens is 2. The van der Waals surface area contributed by atoms with Gasteiger partial charge in [0.05, 0.1) is 0 Å². The van der Waals surface area contributed by atoms with Crippen molar-refractivity contribution in [1.82, 2.24) is 0 Å². The minimum absolute atomic E-state index is 0.0773. The Morgan fingerprint density at radius 3 is 2.67 bits per heavy atom. The average Bonchev–Trinajstić information content (AvgIpc) is 2.88. The number of hydrogen-bond acceptors (Lipinski definition) is 3. The van der Waals surface area contributed by atoms with E-state index in [1.54, 1.807) is 48.5 Å². The van der Waals surface area contributed by atoms with Gasteiger partial charge in [-0.2, -0.15) is 0 Å². The van der Waals surface area contributed by atoms with Crippen LogP contribution in [0.4, 0.5) is 0 Å². The highest BCUT2D eigenvalue weighted by atomic mass is 35.5. The summed E-state index contributed by atoms with van der Waals surface area (Å²) in [5.74, 6) is 1.04. The molecule has 3 rings (SSSR count). The second kappa shape index (κ2) is 5.98. The van der Waals surface area contributed by atoms with Crippen LogP contribution in [0.5, 0.6) is 5.75 Å². The van der Waals surface area contributed by atoms with E-state index in [1.165, 1.54) is 0 Å². The maximum absolute atomic E-state index is 10.1. The Labute approximate surface area is 131 Å². The molecule has 0 spiro atoms. The molecule has 1 N–H and O–H groups in total. The van der Waals surface area contributed by atoms with Crippen LogP contribution in [0.25, 0.3) is 11.0 Å². The average molecular weight is 323 g/mol. The number of hydrogen-bond donors (Lipinski definition) is 1. The Morgan fingerprint density at radius 2 is 1.86 bits per heavy atom. The van der Waals surface area contributed by atoms with Gasteiger partial charge < -0.3 is 14.3 Å². The molecule has 3 aromatic rings. The number of fused-ring (bicyclic) bond motifs is 1. The molecule has 0 fully saturated rings. The number of benzene rings is 2. The predicted octanol–water partition coefficient (Wildman–Crippen LogP) is 4.85. The molecule has 0 aliphatic carbocycles. The van der Waals surface area contributed by atoms with Gasteiger partial charge in [0, 0.05) is 15.4 Å². The molecule has 2 aromatic carbocycles. The fourth-order valence-corrected chi connectivity index (χ4v) is 2.37. The van der Waals surface area contributed by atoms with Crippen molar-refractivity contribution in [2.24, 2.45) is 0 Å². The van der Waals surface area contributed by atoms with Crippen LogP contribution >= 0.6 is 23.2 Å². The van der Waals surface area contributed by atoms with Gasteiger partial charge in [0.2, 0.25) is 0 Å². The maximum atomic E-state index is 10.1. The summed E-state index contributed by atoms with van der Waals surface area (Å²) in [5, 5.41) is 12.2. The molecule has 0 aliphatic rings. The summed E-state index contributed by atoms with van der Waals surface area (Å²) in [6, 6.07) is 14.1. The number of furan rings is 1. The van der Waals surface area contributed by atoms with Gasteiger partial charge in [-0.1, -0.05) is 29.3 Å². The van der Waals surface area contributed by atoms with E-state index in [4.69, 9.17) is 32.4 Å². The van der Waals surface area contributed by atoms with Crippen molar-refractivity contribution in [1.29, 1.82) is 0 Å². The summed E-state index contributed by atoms with van der Waals surface area (Å²) in [4.78, 5) is 0. The van der Waals surface area contributed by atoms with Crippen molar-refractivity contribution in [2.45, 2.75) is 6.10 Å². The van der Waals surface area contributed by atoms with E-state index < -0.39 is 6.10 Å². The molecule has 0 bridgehead atoms. The van der Waals surface area contributed by atoms with Gasteiger partial charge in [0.1, 0.15) is 29.8 Å². The molecule has 0 amide bonds. The minimum Gasteiger partial charge on any atom is -0.490 e. The van der Waals surface area contributed by atoms with Crippen molar-refractivity contribution in [3.05, 3.63) is 64.3 Å². The molecule has 21 heavy (non-hydrogen) atoms. The third-order valence-electron chi connectivity index (χ3n) is 3.03. The first-order chi connectivity index (χ1) is 10.1. The highest BCUT2D eigenvalue weighted by molar-refractivity contribution is 6.31. The second-order valence-corrected chi connectivity index (χ2v) is 5.49. The van der Waals surface area contributed by atoms with Crippen LogP contribution in [-0.4, -0.2) is 11.7 Å². The Bertz CT molecular complexity index is 767. The molecule has 108 valence electrons. The third kappa shape index (κ3) is 3.32. The lowest BCUT2D eigenvalue weighted by molar-refractivity contribution is 0.0903. The van der Waals surface area contributed by atoms with E-state index in [1.807, 2.05) is 0 Å². The third-order valence-corrected chi connectivity index (χ3v) is 3.50. The van der Waals surface area contributed by atoms with Gasteiger partial charge in [0.25, 0.3) is 0 Å². The molecule has 1 atom stereocenters. The first-order valence-corrected chi connectivity index (χ1v) is 7.13. The van der Waals surface area contributed by atoms with Crippen LogP contribution in [0.1, 0.15) is 11.9 Å². The maximum Gasteiger partial charge on any atom is 0.145 e. The van der Waals surface area contributed by atoms with E-state index in [0.29, 0.717) is 27.1 Å². The fraction of sp³-hybridized carbons (Fsp3) is 0.125. The summed E-state index contributed by atoms with van der Waals surface area (Å²) in [6.45, 7) is 0.0773. The number of rotatable bonds is 4. The molecular formula is C16H12Cl2O3. The molecule has 0 radical (unpaired) electrons. The monoisotopic (exact) mass is 322 g/mol. The van der Waals surface area contributed by atoms with E-state index in [-0.39, 0.29) is 6.61 Å². The van der Waals surface area contributed by atoms with Gasteiger partial charge in [-0.15, -0.1) is 0 Å². The van der Waals surface area contributed by atoms with E-state index >= 15 is 0 Å². The largest absolute Gasteiger partial charge is 0.490 e. The lowest BCUT2D eigenvalue weighted by Crippen LogP contribution is -2.08. The zero-order valence-corrected chi connectivity index (χ0v) is 12.4. The van der Waals surface area contributed by atoms with Crippen molar-refractivity contribution in [3.63, 3.8) is 0 Å². The molecule has 0 aliphatic heterocycles. The van der Waals surface area contributed by atoms with Gasteiger partial charge >= 0.3 is 0 Å². The minimum atomic E-state index is -0.866. The fourth-order valence-electron chi connectivity index (χ4n) is 2.01. The van der Waals surface area contributed by atoms with E-state index in [0.717, 1.165) is 5.39 Å². The number of ether oxygens (including phenoxy) is 1. The Balaban J connectivity index is 1.73. The van der Waals surface area contributed by atoms with Crippen LogP contribution in [0.15, 0.2) is 52.9 Å².